The first-order valence-corrected chi connectivity index (χ1v) is 6.16. The lowest BCUT2D eigenvalue weighted by molar-refractivity contribution is 0.0679. The second-order valence-corrected chi connectivity index (χ2v) is 4.77. The summed E-state index contributed by atoms with van der Waals surface area (Å²) in [6.07, 6.45) is -0.106. The fourth-order valence-corrected chi connectivity index (χ4v) is 1.61. The summed E-state index contributed by atoms with van der Waals surface area (Å²) in [6.45, 7) is 5.94. The van der Waals surface area contributed by atoms with Crippen molar-refractivity contribution in [2.24, 2.45) is 5.92 Å². The van der Waals surface area contributed by atoms with Crippen LogP contribution in [-0.2, 0) is 0 Å². The number of aromatic carboxylic acids is 1. The van der Waals surface area contributed by atoms with Gasteiger partial charge in [-0.05, 0) is 25.0 Å². The molecule has 0 aliphatic rings. The maximum absolute atomic E-state index is 11.2. The van der Waals surface area contributed by atoms with Crippen LogP contribution < -0.4 is 4.74 Å². The molecule has 5 nitrogen and oxygen atoms in total. The Hall–Kier alpha value is -2.17. The molecule has 2 rings (SSSR count). The Kier molecular flexibility index (Phi) is 3.64. The fraction of sp³-hybridized carbons (Fsp3) is 0.357. The summed E-state index contributed by atoms with van der Waals surface area (Å²) in [7, 11) is 0. The number of ether oxygens (including phenoxy) is 1. The van der Waals surface area contributed by atoms with Crippen molar-refractivity contribution in [3.63, 3.8) is 0 Å². The van der Waals surface area contributed by atoms with E-state index in [1.165, 1.54) is 0 Å². The van der Waals surface area contributed by atoms with Gasteiger partial charge in [0.15, 0.2) is 5.75 Å². The highest BCUT2D eigenvalue weighted by atomic mass is 16.5. The smallest absolute Gasteiger partial charge is 0.360 e. The first-order valence-electron chi connectivity index (χ1n) is 6.16. The number of carboxylic acid groups (broad SMARTS) is 1. The molecule has 0 saturated heterocycles. The molecular weight excluding hydrogens is 244 g/mol. The molecule has 0 aliphatic carbocycles. The van der Waals surface area contributed by atoms with Gasteiger partial charge in [-0.2, -0.15) is 0 Å². The third-order valence-electron chi connectivity index (χ3n) is 3.07. The fourth-order valence-electron chi connectivity index (χ4n) is 1.61. The molecule has 1 aromatic carbocycles. The molecule has 19 heavy (non-hydrogen) atoms. The average Bonchev–Trinajstić information content (AvgIpc) is 2.38. The largest absolute Gasteiger partial charge is 0.487 e. The molecule has 0 aliphatic heterocycles. The van der Waals surface area contributed by atoms with Crippen LogP contribution in [0.5, 0.6) is 5.75 Å². The van der Waals surface area contributed by atoms with Crippen molar-refractivity contribution in [1.82, 2.24) is 10.2 Å². The van der Waals surface area contributed by atoms with Gasteiger partial charge in [0.1, 0.15) is 0 Å². The highest BCUT2D eigenvalue weighted by Crippen LogP contribution is 2.28. The summed E-state index contributed by atoms with van der Waals surface area (Å²) in [5.74, 6) is -0.572. The van der Waals surface area contributed by atoms with E-state index in [0.717, 1.165) is 0 Å². The van der Waals surface area contributed by atoms with Gasteiger partial charge in [0.05, 0.1) is 11.6 Å². The Morgan fingerprint density at radius 2 is 1.89 bits per heavy atom. The Morgan fingerprint density at radius 3 is 2.53 bits per heavy atom. The molecule has 100 valence electrons. The van der Waals surface area contributed by atoms with E-state index in [1.807, 2.05) is 32.9 Å². The van der Waals surface area contributed by atoms with Crippen LogP contribution in [0.1, 0.15) is 31.3 Å². The molecule has 1 heterocycles. The van der Waals surface area contributed by atoms with Crippen LogP contribution in [0.3, 0.4) is 0 Å². The Balaban J connectivity index is 2.59. The lowest BCUT2D eigenvalue weighted by Crippen LogP contribution is -2.21. The zero-order valence-corrected chi connectivity index (χ0v) is 11.1. The number of nitrogens with zero attached hydrogens (tertiary/aromatic N) is 2. The van der Waals surface area contributed by atoms with Gasteiger partial charge in [-0.1, -0.05) is 26.0 Å². The number of hydrogen-bond donors (Lipinski definition) is 1. The summed E-state index contributed by atoms with van der Waals surface area (Å²) in [4.78, 5) is 11.2. The molecule has 2 aromatic rings. The van der Waals surface area contributed by atoms with Gasteiger partial charge in [-0.15, -0.1) is 10.2 Å². The predicted octanol–water partition coefficient (Wildman–Crippen LogP) is 2.75. The van der Waals surface area contributed by atoms with Crippen LogP contribution in [0.25, 0.3) is 10.9 Å². The van der Waals surface area contributed by atoms with Crippen LogP contribution in [0.4, 0.5) is 0 Å². The highest BCUT2D eigenvalue weighted by molar-refractivity contribution is 5.96. The highest BCUT2D eigenvalue weighted by Gasteiger charge is 2.20. The first-order chi connectivity index (χ1) is 9.00. The number of aromatic nitrogens is 2. The minimum Gasteiger partial charge on any atom is -0.487 e. The maximum atomic E-state index is 11.2. The molecule has 0 spiro atoms. The van der Waals surface area contributed by atoms with Gasteiger partial charge in [0.25, 0.3) is 0 Å². The lowest BCUT2D eigenvalue weighted by atomic mass is 10.1. The summed E-state index contributed by atoms with van der Waals surface area (Å²) in [5, 5.41) is 17.5. The predicted molar refractivity (Wildman–Crippen MR) is 71.4 cm³/mol. The minimum absolute atomic E-state index is 0.106. The van der Waals surface area contributed by atoms with Gasteiger partial charge < -0.3 is 9.84 Å². The van der Waals surface area contributed by atoms with Gasteiger partial charge >= 0.3 is 5.97 Å². The number of carbonyl (C=O) groups is 1. The Morgan fingerprint density at radius 1 is 1.21 bits per heavy atom. The van der Waals surface area contributed by atoms with Crippen molar-refractivity contribution < 1.29 is 14.6 Å². The SMILES string of the molecule is CC(C)C(C)Oc1c(C(=O)O)nnc2ccccc12. The maximum Gasteiger partial charge on any atom is 0.360 e. The molecule has 1 aromatic heterocycles. The minimum atomic E-state index is -1.13. The zero-order valence-electron chi connectivity index (χ0n) is 11.1. The molecule has 1 unspecified atom stereocenters. The molecule has 0 bridgehead atoms. The Labute approximate surface area is 111 Å². The quantitative estimate of drug-likeness (QED) is 0.915. The topological polar surface area (TPSA) is 72.3 Å². The third kappa shape index (κ3) is 2.65. The molecule has 1 atom stereocenters. The van der Waals surface area contributed by atoms with Crippen LogP contribution in [0.15, 0.2) is 24.3 Å². The van der Waals surface area contributed by atoms with Gasteiger partial charge in [0.2, 0.25) is 5.69 Å². The Bertz CT molecular complexity index is 611. The van der Waals surface area contributed by atoms with Gasteiger partial charge in [-0.25, -0.2) is 4.79 Å². The van der Waals surface area contributed by atoms with Crippen molar-refractivity contribution in [2.45, 2.75) is 26.9 Å². The number of fused-ring (bicyclic) bond motifs is 1. The second kappa shape index (κ2) is 5.22. The van der Waals surface area contributed by atoms with Crippen LogP contribution in [0, 0.1) is 5.92 Å². The van der Waals surface area contributed by atoms with E-state index in [2.05, 4.69) is 10.2 Å². The van der Waals surface area contributed by atoms with E-state index >= 15 is 0 Å². The summed E-state index contributed by atoms with van der Waals surface area (Å²) in [6, 6.07) is 7.22. The number of rotatable bonds is 4. The van der Waals surface area contributed by atoms with E-state index in [1.54, 1.807) is 12.1 Å². The summed E-state index contributed by atoms with van der Waals surface area (Å²) < 4.78 is 5.80. The van der Waals surface area contributed by atoms with Crippen molar-refractivity contribution in [3.05, 3.63) is 30.0 Å². The van der Waals surface area contributed by atoms with E-state index in [9.17, 15) is 9.90 Å². The molecule has 0 amide bonds. The first kappa shape index (κ1) is 13.3. The van der Waals surface area contributed by atoms with Gasteiger partial charge in [-0.3, -0.25) is 0 Å². The summed E-state index contributed by atoms with van der Waals surface area (Å²) in [5.41, 5.74) is 0.477. The number of hydrogen-bond acceptors (Lipinski definition) is 4. The monoisotopic (exact) mass is 260 g/mol. The van der Waals surface area contributed by atoms with E-state index in [0.29, 0.717) is 16.7 Å². The standard InChI is InChI=1S/C14H16N2O3/c1-8(2)9(3)19-13-10-6-4-5-7-11(10)15-16-12(13)14(17)18/h4-9H,1-3H3,(H,17,18). The van der Waals surface area contributed by atoms with Crippen LogP contribution >= 0.6 is 0 Å². The average molecular weight is 260 g/mol. The van der Waals surface area contributed by atoms with Crippen molar-refractivity contribution >= 4 is 16.9 Å². The molecule has 1 N–H and O–H groups in total. The van der Waals surface area contributed by atoms with Crippen molar-refractivity contribution in [2.75, 3.05) is 0 Å². The van der Waals surface area contributed by atoms with E-state index < -0.39 is 5.97 Å². The van der Waals surface area contributed by atoms with E-state index in [-0.39, 0.29) is 17.7 Å². The normalized spacial score (nSPS) is 12.6. The van der Waals surface area contributed by atoms with Crippen LogP contribution in [0.2, 0.25) is 0 Å². The molecular formula is C14H16N2O3. The molecule has 0 radical (unpaired) electrons. The second-order valence-electron chi connectivity index (χ2n) is 4.77. The van der Waals surface area contributed by atoms with Crippen LogP contribution in [-0.4, -0.2) is 27.4 Å². The number of benzene rings is 1. The third-order valence-corrected chi connectivity index (χ3v) is 3.07. The van der Waals surface area contributed by atoms with Crippen molar-refractivity contribution in [3.8, 4) is 5.75 Å². The van der Waals surface area contributed by atoms with E-state index in [4.69, 9.17) is 4.74 Å². The zero-order chi connectivity index (χ0) is 14.0. The molecule has 5 heteroatoms. The molecule has 0 saturated carbocycles. The number of carboxylic acids is 1. The van der Waals surface area contributed by atoms with Crippen molar-refractivity contribution in [1.29, 1.82) is 0 Å². The lowest BCUT2D eigenvalue weighted by Gasteiger charge is -2.19. The summed E-state index contributed by atoms with van der Waals surface area (Å²) >= 11 is 0. The van der Waals surface area contributed by atoms with Gasteiger partial charge in [0, 0.05) is 5.39 Å². The molecule has 0 fully saturated rings.